The molecule has 0 aliphatic heterocycles. The van der Waals surface area contributed by atoms with E-state index in [4.69, 9.17) is 15.2 Å². The molecule has 0 fully saturated rings. The Morgan fingerprint density at radius 3 is 2.62 bits per heavy atom. The first kappa shape index (κ1) is 13.5. The van der Waals surface area contributed by atoms with Crippen LogP contribution in [0.1, 0.15) is 18.9 Å². The summed E-state index contributed by atoms with van der Waals surface area (Å²) in [5, 5.41) is 0. The van der Waals surface area contributed by atoms with Gasteiger partial charge in [-0.3, -0.25) is 0 Å². The lowest BCUT2D eigenvalue weighted by atomic mass is 10.2. The zero-order valence-corrected chi connectivity index (χ0v) is 11.1. The maximum absolute atomic E-state index is 5.65. The minimum atomic E-state index is 0.580. The quantitative estimate of drug-likeness (QED) is 0.619. The molecule has 2 N–H and O–H groups in total. The van der Waals surface area contributed by atoms with Gasteiger partial charge in [0.15, 0.2) is 0 Å². The van der Waals surface area contributed by atoms with E-state index in [0.29, 0.717) is 19.8 Å². The molecule has 4 heteroatoms. The summed E-state index contributed by atoms with van der Waals surface area (Å²) in [6.07, 6.45) is 1.05. The number of halogens is 1. The number of ether oxygens (including phenoxy) is 2. The molecule has 0 saturated carbocycles. The maximum atomic E-state index is 5.65. The van der Waals surface area contributed by atoms with Gasteiger partial charge in [-0.25, -0.2) is 0 Å². The normalized spacial score (nSPS) is 10.6. The van der Waals surface area contributed by atoms with Crippen molar-refractivity contribution < 1.29 is 9.47 Å². The second-order valence-electron chi connectivity index (χ2n) is 3.52. The van der Waals surface area contributed by atoms with E-state index in [2.05, 4.69) is 22.9 Å². The Kier molecular flexibility index (Phi) is 6.45. The second-order valence-corrected chi connectivity index (χ2v) is 4.37. The van der Waals surface area contributed by atoms with Gasteiger partial charge in [0.2, 0.25) is 0 Å². The van der Waals surface area contributed by atoms with Gasteiger partial charge < -0.3 is 15.2 Å². The van der Waals surface area contributed by atoms with E-state index in [9.17, 15) is 0 Å². The summed E-state index contributed by atoms with van der Waals surface area (Å²) < 4.78 is 11.8. The first-order valence-electron chi connectivity index (χ1n) is 5.43. The van der Waals surface area contributed by atoms with Crippen molar-refractivity contribution in [1.82, 2.24) is 0 Å². The van der Waals surface area contributed by atoms with Crippen LogP contribution in [0.15, 0.2) is 22.7 Å². The molecule has 0 amide bonds. The molecule has 1 aromatic carbocycles. The predicted octanol–water partition coefficient (Wildman–Crippen LogP) is 2.97. The number of hydrogen-bond donors (Lipinski definition) is 1. The Balaban J connectivity index is 2.21. The van der Waals surface area contributed by atoms with Gasteiger partial charge in [-0.15, -0.1) is 0 Å². The van der Waals surface area contributed by atoms with E-state index in [1.807, 2.05) is 18.2 Å². The molecule has 0 aliphatic carbocycles. The molecular weight excluding hydrogens is 270 g/mol. The molecule has 90 valence electrons. The van der Waals surface area contributed by atoms with Crippen LogP contribution in [0.5, 0.6) is 0 Å². The van der Waals surface area contributed by atoms with Crippen LogP contribution in [0.25, 0.3) is 0 Å². The molecular formula is C12H18BrNO2. The van der Waals surface area contributed by atoms with Crippen LogP contribution >= 0.6 is 15.9 Å². The van der Waals surface area contributed by atoms with Crippen molar-refractivity contribution >= 4 is 21.6 Å². The Morgan fingerprint density at radius 2 is 1.94 bits per heavy atom. The van der Waals surface area contributed by atoms with E-state index in [1.54, 1.807) is 0 Å². The number of rotatable bonds is 7. The van der Waals surface area contributed by atoms with Crippen LogP contribution in [0.3, 0.4) is 0 Å². The molecule has 0 saturated heterocycles. The van der Waals surface area contributed by atoms with Crippen LogP contribution < -0.4 is 5.73 Å². The van der Waals surface area contributed by atoms with Crippen LogP contribution in [0.2, 0.25) is 0 Å². The van der Waals surface area contributed by atoms with Crippen LogP contribution in [0, 0.1) is 0 Å². The highest BCUT2D eigenvalue weighted by molar-refractivity contribution is 9.10. The zero-order valence-electron chi connectivity index (χ0n) is 9.54. The second kappa shape index (κ2) is 7.65. The lowest BCUT2D eigenvalue weighted by Gasteiger charge is -2.07. The summed E-state index contributed by atoms with van der Waals surface area (Å²) in [5.41, 5.74) is 7.50. The Morgan fingerprint density at radius 1 is 1.19 bits per heavy atom. The molecule has 0 atom stereocenters. The summed E-state index contributed by atoms with van der Waals surface area (Å²) in [6, 6.07) is 5.72. The van der Waals surface area contributed by atoms with Crippen LogP contribution in [-0.2, 0) is 16.1 Å². The zero-order chi connectivity index (χ0) is 11.8. The van der Waals surface area contributed by atoms with Gasteiger partial charge in [-0.05, 0) is 24.1 Å². The van der Waals surface area contributed by atoms with E-state index in [-0.39, 0.29) is 0 Å². The van der Waals surface area contributed by atoms with Crippen molar-refractivity contribution in [3.8, 4) is 0 Å². The number of anilines is 1. The fourth-order valence-corrected chi connectivity index (χ4v) is 1.74. The Hall–Kier alpha value is -0.580. The molecule has 0 unspecified atom stereocenters. The lowest BCUT2D eigenvalue weighted by molar-refractivity contribution is 0.0407. The third-order valence-electron chi connectivity index (χ3n) is 2.06. The summed E-state index contributed by atoms with van der Waals surface area (Å²) >= 11 is 3.45. The maximum Gasteiger partial charge on any atom is 0.0729 e. The Labute approximate surface area is 105 Å². The molecule has 0 heterocycles. The molecule has 1 rings (SSSR count). The van der Waals surface area contributed by atoms with E-state index < -0.39 is 0 Å². The van der Waals surface area contributed by atoms with Gasteiger partial charge >= 0.3 is 0 Å². The summed E-state index contributed by atoms with van der Waals surface area (Å²) in [4.78, 5) is 0. The van der Waals surface area contributed by atoms with Crippen molar-refractivity contribution in [2.45, 2.75) is 20.0 Å². The van der Waals surface area contributed by atoms with Crippen molar-refractivity contribution in [2.24, 2.45) is 0 Å². The monoisotopic (exact) mass is 287 g/mol. The van der Waals surface area contributed by atoms with E-state index >= 15 is 0 Å². The average Bonchev–Trinajstić information content (AvgIpc) is 2.26. The fraction of sp³-hybridized carbons (Fsp3) is 0.500. The van der Waals surface area contributed by atoms with E-state index in [0.717, 1.165) is 28.8 Å². The number of hydrogen-bond acceptors (Lipinski definition) is 3. The highest BCUT2D eigenvalue weighted by Crippen LogP contribution is 2.20. The number of benzene rings is 1. The van der Waals surface area contributed by atoms with Gasteiger partial charge in [-0.1, -0.05) is 28.9 Å². The standard InChI is InChI=1S/C12H18BrNO2/c1-2-5-15-6-7-16-9-10-3-4-11(14)8-12(10)13/h3-4,8H,2,5-7,9,14H2,1H3. The van der Waals surface area contributed by atoms with E-state index in [1.165, 1.54) is 0 Å². The van der Waals surface area contributed by atoms with Crippen molar-refractivity contribution in [3.63, 3.8) is 0 Å². The highest BCUT2D eigenvalue weighted by Gasteiger charge is 2.00. The summed E-state index contributed by atoms with van der Waals surface area (Å²) in [7, 11) is 0. The first-order chi connectivity index (χ1) is 7.74. The SMILES string of the molecule is CCCOCCOCc1ccc(N)cc1Br. The number of nitrogens with two attached hydrogens (primary N) is 1. The average molecular weight is 288 g/mol. The van der Waals surface area contributed by atoms with Gasteiger partial charge in [-0.2, -0.15) is 0 Å². The molecule has 0 aliphatic rings. The third-order valence-corrected chi connectivity index (χ3v) is 2.79. The minimum Gasteiger partial charge on any atom is -0.399 e. The summed E-state index contributed by atoms with van der Waals surface area (Å²) in [5.74, 6) is 0. The highest BCUT2D eigenvalue weighted by atomic mass is 79.9. The topological polar surface area (TPSA) is 44.5 Å². The molecule has 16 heavy (non-hydrogen) atoms. The van der Waals surface area contributed by atoms with Gasteiger partial charge in [0, 0.05) is 16.8 Å². The third kappa shape index (κ3) is 4.96. The van der Waals surface area contributed by atoms with Crippen LogP contribution in [0.4, 0.5) is 5.69 Å². The Bertz CT molecular complexity index is 318. The largest absolute Gasteiger partial charge is 0.399 e. The predicted molar refractivity (Wildman–Crippen MR) is 69.3 cm³/mol. The van der Waals surface area contributed by atoms with Gasteiger partial charge in [0.25, 0.3) is 0 Å². The molecule has 0 spiro atoms. The fourth-order valence-electron chi connectivity index (χ4n) is 1.23. The molecule has 1 aromatic rings. The van der Waals surface area contributed by atoms with Crippen molar-refractivity contribution in [1.29, 1.82) is 0 Å². The van der Waals surface area contributed by atoms with Crippen molar-refractivity contribution in [3.05, 3.63) is 28.2 Å². The van der Waals surface area contributed by atoms with Crippen molar-refractivity contribution in [2.75, 3.05) is 25.6 Å². The number of nitrogen functional groups attached to an aromatic ring is 1. The van der Waals surface area contributed by atoms with Gasteiger partial charge in [0.1, 0.15) is 0 Å². The van der Waals surface area contributed by atoms with Crippen LogP contribution in [-0.4, -0.2) is 19.8 Å². The minimum absolute atomic E-state index is 0.580. The summed E-state index contributed by atoms with van der Waals surface area (Å²) in [6.45, 7) is 4.74. The first-order valence-corrected chi connectivity index (χ1v) is 6.22. The molecule has 0 bridgehead atoms. The molecule has 3 nitrogen and oxygen atoms in total. The lowest BCUT2D eigenvalue weighted by Crippen LogP contribution is -2.05. The smallest absolute Gasteiger partial charge is 0.0729 e. The van der Waals surface area contributed by atoms with Gasteiger partial charge in [0.05, 0.1) is 19.8 Å². The molecule has 0 radical (unpaired) electrons. The molecule has 0 aromatic heterocycles.